The molecule has 0 saturated carbocycles. The van der Waals surface area contributed by atoms with Crippen LogP contribution >= 0.6 is 0 Å². The number of aromatic nitrogens is 2. The fraction of sp³-hybridized carbons (Fsp3) is 0.391. The topological polar surface area (TPSA) is 58.1 Å². The van der Waals surface area contributed by atoms with E-state index in [0.717, 1.165) is 37.9 Å². The number of piperidine rings is 1. The number of fused-ring (bicyclic) bond motifs is 1. The molecule has 4 rings (SSSR count). The molecule has 3 aromatic rings. The third-order valence-corrected chi connectivity index (χ3v) is 5.96. The lowest BCUT2D eigenvalue weighted by molar-refractivity contribution is -0.132. The van der Waals surface area contributed by atoms with Crippen molar-refractivity contribution in [3.63, 3.8) is 0 Å². The molecule has 0 radical (unpaired) electrons. The van der Waals surface area contributed by atoms with Crippen molar-refractivity contribution in [1.82, 2.24) is 14.5 Å². The minimum absolute atomic E-state index is 0.0246. The number of benzene rings is 1. The average Bonchev–Trinajstić information content (AvgIpc) is 3.14. The van der Waals surface area contributed by atoms with Gasteiger partial charge in [0, 0.05) is 42.5 Å². The van der Waals surface area contributed by atoms with Gasteiger partial charge < -0.3 is 14.5 Å². The maximum absolute atomic E-state index is 12.7. The number of carbonyl (C=O) groups excluding carboxylic acids is 1. The lowest BCUT2D eigenvalue weighted by Gasteiger charge is -2.32. The van der Waals surface area contributed by atoms with Crippen LogP contribution in [0.1, 0.15) is 42.4 Å². The van der Waals surface area contributed by atoms with E-state index < -0.39 is 0 Å². The second-order valence-electron chi connectivity index (χ2n) is 7.76. The number of para-hydroxylation sites is 1. The number of aryl methyl sites for hydroxylation is 2. The molecule has 1 aromatic carbocycles. The van der Waals surface area contributed by atoms with Gasteiger partial charge >= 0.3 is 0 Å². The third-order valence-electron chi connectivity index (χ3n) is 5.96. The molecule has 146 valence electrons. The average molecular weight is 377 g/mol. The van der Waals surface area contributed by atoms with E-state index in [0.29, 0.717) is 5.92 Å². The smallest absolute Gasteiger partial charge is 0.251 e. The highest BCUT2D eigenvalue weighted by atomic mass is 16.2. The van der Waals surface area contributed by atoms with Crippen LogP contribution in [0.2, 0.25) is 0 Å². The summed E-state index contributed by atoms with van der Waals surface area (Å²) in [5, 5.41) is 1.32. The maximum Gasteiger partial charge on any atom is 0.251 e. The van der Waals surface area contributed by atoms with Gasteiger partial charge in [0.25, 0.3) is 5.56 Å². The number of carbonyl (C=O) groups is 1. The number of H-pyrrole nitrogens is 1. The molecule has 5 heteroatoms. The number of hydrogen-bond acceptors (Lipinski definition) is 2. The highest BCUT2D eigenvalue weighted by Gasteiger charge is 2.25. The lowest BCUT2D eigenvalue weighted by Crippen LogP contribution is -2.41. The summed E-state index contributed by atoms with van der Waals surface area (Å²) in [4.78, 5) is 30.0. The van der Waals surface area contributed by atoms with Crippen molar-refractivity contribution in [2.45, 2.75) is 45.6 Å². The summed E-state index contributed by atoms with van der Waals surface area (Å²) in [5.74, 6) is 0.489. The molecular weight excluding hydrogens is 350 g/mol. The number of aromatic amines is 1. The molecule has 1 saturated heterocycles. The van der Waals surface area contributed by atoms with Gasteiger partial charge in [0.05, 0.1) is 0 Å². The van der Waals surface area contributed by atoms with Crippen LogP contribution in [0.25, 0.3) is 10.9 Å². The van der Waals surface area contributed by atoms with E-state index in [4.69, 9.17) is 0 Å². The first-order chi connectivity index (χ1) is 13.6. The second kappa shape index (κ2) is 7.66. The summed E-state index contributed by atoms with van der Waals surface area (Å²) in [7, 11) is 0. The van der Waals surface area contributed by atoms with Gasteiger partial charge in [-0.15, -0.1) is 0 Å². The Morgan fingerprint density at radius 2 is 2.00 bits per heavy atom. The monoisotopic (exact) mass is 377 g/mol. The number of nitrogens with one attached hydrogen (secondary N) is 1. The Balaban J connectivity index is 1.43. The van der Waals surface area contributed by atoms with E-state index in [-0.39, 0.29) is 18.0 Å². The summed E-state index contributed by atoms with van der Waals surface area (Å²) in [6.07, 6.45) is 6.79. The second-order valence-corrected chi connectivity index (χ2v) is 7.76. The summed E-state index contributed by atoms with van der Waals surface area (Å²) in [6.45, 7) is 5.66. The molecule has 2 aromatic heterocycles. The minimum Gasteiger partial charge on any atom is -0.361 e. The Kier molecular flexibility index (Phi) is 5.07. The van der Waals surface area contributed by atoms with Crippen molar-refractivity contribution in [1.29, 1.82) is 0 Å². The van der Waals surface area contributed by atoms with Gasteiger partial charge in [-0.3, -0.25) is 9.59 Å². The Morgan fingerprint density at radius 3 is 2.71 bits per heavy atom. The van der Waals surface area contributed by atoms with Crippen LogP contribution in [-0.4, -0.2) is 33.4 Å². The first kappa shape index (κ1) is 18.5. The maximum atomic E-state index is 12.7. The number of likely N-dealkylation sites (tertiary alicyclic amines) is 1. The van der Waals surface area contributed by atoms with E-state index in [1.165, 1.54) is 26.6 Å². The van der Waals surface area contributed by atoms with Gasteiger partial charge in [-0.25, -0.2) is 0 Å². The first-order valence-corrected chi connectivity index (χ1v) is 10.1. The van der Waals surface area contributed by atoms with E-state index >= 15 is 0 Å². The van der Waals surface area contributed by atoms with Gasteiger partial charge in [0.15, 0.2) is 0 Å². The summed E-state index contributed by atoms with van der Waals surface area (Å²) in [5.41, 5.74) is 4.76. The molecule has 28 heavy (non-hydrogen) atoms. The number of pyridine rings is 1. The van der Waals surface area contributed by atoms with Crippen LogP contribution in [0.15, 0.2) is 47.5 Å². The highest BCUT2D eigenvalue weighted by molar-refractivity contribution is 5.86. The van der Waals surface area contributed by atoms with Crippen molar-refractivity contribution in [2.75, 3.05) is 13.1 Å². The molecule has 0 aliphatic carbocycles. The summed E-state index contributed by atoms with van der Waals surface area (Å²) < 4.78 is 1.49. The predicted octanol–water partition coefficient (Wildman–Crippen LogP) is 3.61. The SMILES string of the molecule is CCc1cccc2c(C3CCN(C(=O)Cn4ccc(C)cc4=O)CC3)c[nH]c12. The molecule has 1 aliphatic heterocycles. The quantitative estimate of drug-likeness (QED) is 0.755. The molecular formula is C23H27N3O2. The van der Waals surface area contributed by atoms with Crippen molar-refractivity contribution < 1.29 is 4.79 Å². The fourth-order valence-electron chi connectivity index (χ4n) is 4.29. The zero-order valence-electron chi connectivity index (χ0n) is 16.6. The molecule has 1 fully saturated rings. The first-order valence-electron chi connectivity index (χ1n) is 10.1. The third kappa shape index (κ3) is 3.49. The molecule has 1 aliphatic rings. The van der Waals surface area contributed by atoms with E-state index in [9.17, 15) is 9.59 Å². The number of hydrogen-bond donors (Lipinski definition) is 1. The van der Waals surface area contributed by atoms with Crippen LogP contribution in [0.3, 0.4) is 0 Å². The molecule has 0 unspecified atom stereocenters. The zero-order valence-corrected chi connectivity index (χ0v) is 16.6. The summed E-state index contributed by atoms with van der Waals surface area (Å²) >= 11 is 0. The van der Waals surface area contributed by atoms with E-state index in [2.05, 4.69) is 36.3 Å². The normalized spacial score (nSPS) is 15.3. The van der Waals surface area contributed by atoms with Crippen LogP contribution in [-0.2, 0) is 17.8 Å². The Morgan fingerprint density at radius 1 is 1.21 bits per heavy atom. The largest absolute Gasteiger partial charge is 0.361 e. The highest BCUT2D eigenvalue weighted by Crippen LogP contribution is 2.34. The van der Waals surface area contributed by atoms with Crippen molar-refractivity contribution in [2.24, 2.45) is 0 Å². The Hall–Kier alpha value is -2.82. The van der Waals surface area contributed by atoms with Gasteiger partial charge in [0.1, 0.15) is 6.54 Å². The standard InChI is InChI=1S/C23H27N3O2/c1-3-17-5-4-6-19-20(14-24-23(17)19)18-8-11-25(12-9-18)22(28)15-26-10-7-16(2)13-21(26)27/h4-7,10,13-14,18,24H,3,8-9,11-12,15H2,1-2H3. The van der Waals surface area contributed by atoms with Crippen molar-refractivity contribution in [3.05, 3.63) is 69.8 Å². The molecule has 0 spiro atoms. The Bertz CT molecular complexity index is 1060. The number of nitrogens with zero attached hydrogens (tertiary/aromatic N) is 2. The Labute approximate surface area is 165 Å². The molecule has 0 bridgehead atoms. The van der Waals surface area contributed by atoms with Gasteiger partial charge in [-0.1, -0.05) is 25.1 Å². The van der Waals surface area contributed by atoms with E-state index in [1.807, 2.05) is 17.9 Å². The fourth-order valence-corrected chi connectivity index (χ4v) is 4.29. The van der Waals surface area contributed by atoms with Crippen LogP contribution in [0, 0.1) is 6.92 Å². The van der Waals surface area contributed by atoms with Gasteiger partial charge in [0.2, 0.25) is 5.91 Å². The molecule has 3 heterocycles. The summed E-state index contributed by atoms with van der Waals surface area (Å²) in [6, 6.07) is 9.94. The number of amides is 1. The molecule has 1 amide bonds. The van der Waals surface area contributed by atoms with Crippen molar-refractivity contribution >= 4 is 16.8 Å². The molecule has 1 N–H and O–H groups in total. The lowest BCUT2D eigenvalue weighted by atomic mass is 9.88. The van der Waals surface area contributed by atoms with Gasteiger partial charge in [-0.05, 0) is 54.9 Å². The zero-order chi connectivity index (χ0) is 19.7. The van der Waals surface area contributed by atoms with Crippen LogP contribution in [0.4, 0.5) is 0 Å². The van der Waals surface area contributed by atoms with Gasteiger partial charge in [-0.2, -0.15) is 0 Å². The van der Waals surface area contributed by atoms with Crippen LogP contribution < -0.4 is 5.56 Å². The molecule has 0 atom stereocenters. The minimum atomic E-state index is -0.117. The number of rotatable bonds is 4. The van der Waals surface area contributed by atoms with E-state index in [1.54, 1.807) is 12.3 Å². The van der Waals surface area contributed by atoms with Crippen molar-refractivity contribution in [3.8, 4) is 0 Å². The predicted molar refractivity (Wildman–Crippen MR) is 112 cm³/mol. The molecule has 5 nitrogen and oxygen atoms in total. The van der Waals surface area contributed by atoms with Crippen LogP contribution in [0.5, 0.6) is 0 Å².